The zero-order valence-electron chi connectivity index (χ0n) is 13.2. The van der Waals surface area contributed by atoms with E-state index in [1.54, 1.807) is 20.8 Å². The summed E-state index contributed by atoms with van der Waals surface area (Å²) in [6.45, 7) is 6.06. The summed E-state index contributed by atoms with van der Waals surface area (Å²) in [6, 6.07) is 3.08. The minimum absolute atomic E-state index is 0.0433. The summed E-state index contributed by atoms with van der Waals surface area (Å²) in [7, 11) is 0. The van der Waals surface area contributed by atoms with E-state index >= 15 is 0 Å². The highest BCUT2D eigenvalue weighted by atomic mass is 35.5. The summed E-state index contributed by atoms with van der Waals surface area (Å²) in [5.41, 5.74) is -1.62. The molecular weight excluding hydrogens is 333 g/mol. The van der Waals surface area contributed by atoms with Crippen molar-refractivity contribution in [1.82, 2.24) is 5.32 Å². The fraction of sp³-hybridized carbons (Fsp3) is 0.467. The van der Waals surface area contributed by atoms with Crippen LogP contribution in [0.3, 0.4) is 0 Å². The van der Waals surface area contributed by atoms with Crippen molar-refractivity contribution in [3.05, 3.63) is 28.8 Å². The lowest BCUT2D eigenvalue weighted by Crippen LogP contribution is -2.47. The molecular formula is C15H18ClF3N2O2. The Hall–Kier alpha value is -1.76. The Labute approximate surface area is 137 Å². The molecule has 4 nitrogen and oxygen atoms in total. The summed E-state index contributed by atoms with van der Waals surface area (Å²) in [5.74, 6) is -1.03. The molecule has 0 unspecified atom stereocenters. The van der Waals surface area contributed by atoms with Gasteiger partial charge in [-0.2, -0.15) is 13.2 Å². The van der Waals surface area contributed by atoms with Crippen LogP contribution in [0.1, 0.15) is 33.3 Å². The van der Waals surface area contributed by atoms with Crippen molar-refractivity contribution in [2.24, 2.45) is 0 Å². The Kier molecular flexibility index (Phi) is 5.69. The lowest BCUT2D eigenvalue weighted by Gasteiger charge is -2.25. The van der Waals surface area contributed by atoms with Crippen LogP contribution in [0.5, 0.6) is 0 Å². The quantitative estimate of drug-likeness (QED) is 0.905. The maximum atomic E-state index is 12.9. The Balaban J connectivity index is 3.12. The topological polar surface area (TPSA) is 49.4 Å². The van der Waals surface area contributed by atoms with E-state index < -0.39 is 34.1 Å². The van der Waals surface area contributed by atoms with E-state index in [9.17, 15) is 22.8 Å². The number of nitrogens with zero attached hydrogens (tertiary/aromatic N) is 1. The van der Waals surface area contributed by atoms with E-state index in [4.69, 9.17) is 11.6 Å². The van der Waals surface area contributed by atoms with E-state index in [0.29, 0.717) is 0 Å². The first-order valence-corrected chi connectivity index (χ1v) is 7.15. The van der Waals surface area contributed by atoms with Gasteiger partial charge in [-0.05, 0) is 39.0 Å². The van der Waals surface area contributed by atoms with Gasteiger partial charge in [0, 0.05) is 18.2 Å². The molecule has 0 heterocycles. The zero-order chi connectivity index (χ0) is 18.0. The molecule has 0 spiro atoms. The predicted molar refractivity (Wildman–Crippen MR) is 82.4 cm³/mol. The number of halogens is 4. The number of hydrogen-bond acceptors (Lipinski definition) is 2. The third kappa shape index (κ3) is 5.74. The smallest absolute Gasteiger partial charge is 0.350 e. The van der Waals surface area contributed by atoms with Crippen LogP contribution in [0.15, 0.2) is 18.2 Å². The van der Waals surface area contributed by atoms with Crippen LogP contribution in [0.25, 0.3) is 0 Å². The molecule has 0 saturated heterocycles. The third-order valence-corrected chi connectivity index (χ3v) is 3.09. The number of hydrogen-bond donors (Lipinski definition) is 1. The Bertz CT molecular complexity index is 610. The van der Waals surface area contributed by atoms with Crippen molar-refractivity contribution in [2.75, 3.05) is 11.4 Å². The number of alkyl halides is 3. The van der Waals surface area contributed by atoms with E-state index in [2.05, 4.69) is 5.32 Å². The average Bonchev–Trinajstić information content (AvgIpc) is 2.33. The highest BCUT2D eigenvalue weighted by Gasteiger charge is 2.34. The second-order valence-corrected chi connectivity index (χ2v) is 6.47. The summed E-state index contributed by atoms with van der Waals surface area (Å²) in [5, 5.41) is 2.18. The van der Waals surface area contributed by atoms with Crippen molar-refractivity contribution in [2.45, 2.75) is 39.4 Å². The van der Waals surface area contributed by atoms with E-state index in [0.717, 1.165) is 17.0 Å². The molecule has 1 aromatic rings. The Morgan fingerprint density at radius 3 is 2.22 bits per heavy atom. The molecule has 8 heteroatoms. The number of nitrogens with one attached hydrogen (secondary N) is 1. The van der Waals surface area contributed by atoms with Crippen molar-refractivity contribution in [3.63, 3.8) is 0 Å². The summed E-state index contributed by atoms with van der Waals surface area (Å²) in [6.07, 6.45) is -4.65. The van der Waals surface area contributed by atoms with Gasteiger partial charge in [-0.15, -0.1) is 0 Å². The largest absolute Gasteiger partial charge is 0.417 e. The van der Waals surface area contributed by atoms with Gasteiger partial charge < -0.3 is 10.2 Å². The van der Waals surface area contributed by atoms with Gasteiger partial charge in [0.2, 0.25) is 11.8 Å². The number of rotatable bonds is 3. The van der Waals surface area contributed by atoms with Gasteiger partial charge in [0.05, 0.1) is 10.6 Å². The molecule has 0 aliphatic carbocycles. The maximum absolute atomic E-state index is 12.9. The molecule has 0 aliphatic heterocycles. The van der Waals surface area contributed by atoms with Gasteiger partial charge in [0.15, 0.2) is 0 Å². The molecule has 0 aliphatic rings. The molecule has 0 bridgehead atoms. The van der Waals surface area contributed by atoms with Crippen LogP contribution in [0.4, 0.5) is 18.9 Å². The van der Waals surface area contributed by atoms with Crippen molar-refractivity contribution in [1.29, 1.82) is 0 Å². The normalized spacial score (nSPS) is 12.0. The Morgan fingerprint density at radius 2 is 1.78 bits per heavy atom. The molecule has 0 fully saturated rings. The standard InChI is InChI=1S/C15H18ClF3N2O2/c1-9(22)21(8-13(23)20-14(2,3)4)10-5-6-12(16)11(7-10)15(17,18)19/h5-7H,8H2,1-4H3,(H,20,23). The number of amides is 2. The molecule has 0 aromatic heterocycles. The van der Waals surface area contributed by atoms with Gasteiger partial charge in [-0.1, -0.05) is 11.6 Å². The fourth-order valence-corrected chi connectivity index (χ4v) is 2.11. The molecule has 0 atom stereocenters. The number of benzene rings is 1. The second kappa shape index (κ2) is 6.78. The molecule has 0 radical (unpaired) electrons. The Morgan fingerprint density at radius 1 is 1.22 bits per heavy atom. The molecule has 1 N–H and O–H groups in total. The number of anilines is 1. The summed E-state index contributed by atoms with van der Waals surface area (Å²) in [4.78, 5) is 24.6. The van der Waals surface area contributed by atoms with Crippen LogP contribution in [-0.4, -0.2) is 23.9 Å². The van der Waals surface area contributed by atoms with Gasteiger partial charge in [-0.3, -0.25) is 9.59 Å². The minimum atomic E-state index is -4.65. The van der Waals surface area contributed by atoms with E-state index in [1.807, 2.05) is 0 Å². The van der Waals surface area contributed by atoms with Crippen LogP contribution < -0.4 is 10.2 Å². The number of carbonyl (C=O) groups is 2. The average molecular weight is 351 g/mol. The first-order chi connectivity index (χ1) is 10.3. The first kappa shape index (κ1) is 19.3. The van der Waals surface area contributed by atoms with Gasteiger partial charge in [-0.25, -0.2) is 0 Å². The van der Waals surface area contributed by atoms with Crippen molar-refractivity contribution >= 4 is 29.1 Å². The van der Waals surface area contributed by atoms with Crippen LogP contribution in [-0.2, 0) is 15.8 Å². The fourth-order valence-electron chi connectivity index (χ4n) is 1.88. The third-order valence-electron chi connectivity index (χ3n) is 2.76. The minimum Gasteiger partial charge on any atom is -0.350 e. The summed E-state index contributed by atoms with van der Waals surface area (Å²) < 4.78 is 38.7. The van der Waals surface area contributed by atoms with E-state index in [-0.39, 0.29) is 12.2 Å². The molecule has 128 valence electrons. The van der Waals surface area contributed by atoms with Crippen molar-refractivity contribution < 1.29 is 22.8 Å². The number of carbonyl (C=O) groups excluding carboxylic acids is 2. The van der Waals surface area contributed by atoms with E-state index in [1.165, 1.54) is 13.0 Å². The highest BCUT2D eigenvalue weighted by molar-refractivity contribution is 6.31. The van der Waals surface area contributed by atoms with Gasteiger partial charge in [0.1, 0.15) is 6.54 Å². The SMILES string of the molecule is CC(=O)N(CC(=O)NC(C)(C)C)c1ccc(Cl)c(C(F)(F)F)c1. The lowest BCUT2D eigenvalue weighted by atomic mass is 10.1. The van der Waals surface area contributed by atoms with Gasteiger partial charge in [0.25, 0.3) is 0 Å². The highest BCUT2D eigenvalue weighted by Crippen LogP contribution is 2.36. The zero-order valence-corrected chi connectivity index (χ0v) is 14.0. The maximum Gasteiger partial charge on any atom is 0.417 e. The molecule has 1 rings (SSSR count). The summed E-state index contributed by atoms with van der Waals surface area (Å²) >= 11 is 5.56. The lowest BCUT2D eigenvalue weighted by molar-refractivity contribution is -0.137. The molecule has 1 aromatic carbocycles. The van der Waals surface area contributed by atoms with Crippen LogP contribution in [0.2, 0.25) is 5.02 Å². The van der Waals surface area contributed by atoms with Crippen LogP contribution >= 0.6 is 11.6 Å². The monoisotopic (exact) mass is 350 g/mol. The molecule has 0 saturated carbocycles. The molecule has 23 heavy (non-hydrogen) atoms. The van der Waals surface area contributed by atoms with Crippen LogP contribution in [0, 0.1) is 0 Å². The molecule has 2 amide bonds. The predicted octanol–water partition coefficient (Wildman–Crippen LogP) is 3.63. The second-order valence-electron chi connectivity index (χ2n) is 6.07. The van der Waals surface area contributed by atoms with Crippen molar-refractivity contribution in [3.8, 4) is 0 Å². The van der Waals surface area contributed by atoms with Gasteiger partial charge >= 0.3 is 6.18 Å². The first-order valence-electron chi connectivity index (χ1n) is 6.77.